The Morgan fingerprint density at radius 1 is 1.23 bits per heavy atom. The summed E-state index contributed by atoms with van der Waals surface area (Å²) < 4.78 is 26.0. The van der Waals surface area contributed by atoms with Gasteiger partial charge in [0.2, 0.25) is 10.0 Å². The van der Waals surface area contributed by atoms with Crippen molar-refractivity contribution in [3.63, 3.8) is 0 Å². The molecule has 0 fully saturated rings. The molecule has 3 rings (SSSR count). The van der Waals surface area contributed by atoms with E-state index < -0.39 is 10.0 Å². The third-order valence-corrected chi connectivity index (χ3v) is 6.57. The van der Waals surface area contributed by atoms with E-state index in [2.05, 4.69) is 5.32 Å². The molecule has 2 aromatic carbocycles. The van der Waals surface area contributed by atoms with Crippen LogP contribution in [0.1, 0.15) is 34.8 Å². The molecule has 1 heterocycles. The predicted molar refractivity (Wildman–Crippen MR) is 106 cm³/mol. The lowest BCUT2D eigenvalue weighted by atomic mass is 10.0. The molecular formula is C19H21ClN2O3S. The fourth-order valence-electron chi connectivity index (χ4n) is 3.11. The monoisotopic (exact) mass is 392 g/mol. The Balaban J connectivity index is 1.87. The molecule has 0 saturated heterocycles. The number of halogens is 1. The van der Waals surface area contributed by atoms with Gasteiger partial charge in [-0.3, -0.25) is 9.10 Å². The van der Waals surface area contributed by atoms with E-state index in [4.69, 9.17) is 11.6 Å². The summed E-state index contributed by atoms with van der Waals surface area (Å²) in [6, 6.07) is 10.5. The molecular weight excluding hydrogens is 372 g/mol. The molecule has 7 heteroatoms. The number of carbonyl (C=O) groups excluding carboxylic acids is 1. The van der Waals surface area contributed by atoms with Gasteiger partial charge in [-0.1, -0.05) is 11.6 Å². The Hall–Kier alpha value is -2.05. The number of sulfonamides is 1. The number of aryl methyl sites for hydroxylation is 2. The summed E-state index contributed by atoms with van der Waals surface area (Å²) in [6.07, 6.45) is 1.50. The molecule has 1 aliphatic heterocycles. The van der Waals surface area contributed by atoms with Crippen LogP contribution in [0.2, 0.25) is 5.02 Å². The van der Waals surface area contributed by atoms with Gasteiger partial charge in [0.05, 0.1) is 11.4 Å². The minimum Gasteiger partial charge on any atom is -0.322 e. The van der Waals surface area contributed by atoms with Crippen molar-refractivity contribution < 1.29 is 13.2 Å². The molecule has 1 amide bonds. The number of nitrogens with one attached hydrogen (secondary N) is 1. The summed E-state index contributed by atoms with van der Waals surface area (Å²) in [5.41, 5.74) is 3.65. The summed E-state index contributed by atoms with van der Waals surface area (Å²) in [7, 11) is -3.31. The van der Waals surface area contributed by atoms with Crippen molar-refractivity contribution in [3.8, 4) is 0 Å². The van der Waals surface area contributed by atoms with Crippen molar-refractivity contribution in [2.75, 3.05) is 21.9 Å². The second kappa shape index (κ2) is 7.29. The average Bonchev–Trinajstić information content (AvgIpc) is 2.63. The molecule has 138 valence electrons. The minimum absolute atomic E-state index is 0.0600. The van der Waals surface area contributed by atoms with E-state index >= 15 is 0 Å². The normalized spacial score (nSPS) is 14.0. The van der Waals surface area contributed by atoms with E-state index in [1.807, 2.05) is 6.92 Å². The van der Waals surface area contributed by atoms with Gasteiger partial charge in [-0.25, -0.2) is 8.42 Å². The van der Waals surface area contributed by atoms with Crippen LogP contribution >= 0.6 is 11.6 Å². The van der Waals surface area contributed by atoms with Gasteiger partial charge in [0.15, 0.2) is 0 Å². The lowest BCUT2D eigenvalue weighted by molar-refractivity contribution is 0.102. The van der Waals surface area contributed by atoms with Crippen LogP contribution in [0.4, 0.5) is 11.4 Å². The van der Waals surface area contributed by atoms with E-state index in [9.17, 15) is 13.2 Å². The van der Waals surface area contributed by atoms with Crippen molar-refractivity contribution >= 4 is 38.9 Å². The maximum Gasteiger partial charge on any atom is 0.255 e. The lowest BCUT2D eigenvalue weighted by Gasteiger charge is -2.30. The van der Waals surface area contributed by atoms with Crippen molar-refractivity contribution in [2.45, 2.75) is 26.7 Å². The zero-order valence-electron chi connectivity index (χ0n) is 14.8. The molecule has 1 aliphatic rings. The van der Waals surface area contributed by atoms with Crippen LogP contribution < -0.4 is 9.62 Å². The van der Waals surface area contributed by atoms with Gasteiger partial charge in [0, 0.05) is 22.8 Å². The number of hydrogen-bond acceptors (Lipinski definition) is 3. The van der Waals surface area contributed by atoms with Crippen LogP contribution in [0, 0.1) is 6.92 Å². The lowest BCUT2D eigenvalue weighted by Crippen LogP contribution is -2.36. The summed E-state index contributed by atoms with van der Waals surface area (Å²) in [4.78, 5) is 12.6. The van der Waals surface area contributed by atoms with Gasteiger partial charge in [-0.2, -0.15) is 0 Å². The fraction of sp³-hybridized carbons (Fsp3) is 0.316. The minimum atomic E-state index is -3.31. The largest absolute Gasteiger partial charge is 0.322 e. The van der Waals surface area contributed by atoms with Crippen molar-refractivity contribution in [1.82, 2.24) is 0 Å². The van der Waals surface area contributed by atoms with E-state index in [1.54, 1.807) is 43.3 Å². The third-order valence-electron chi connectivity index (χ3n) is 4.55. The topological polar surface area (TPSA) is 66.5 Å². The second-order valence-electron chi connectivity index (χ2n) is 6.33. The molecule has 0 bridgehead atoms. The van der Waals surface area contributed by atoms with Crippen LogP contribution in [0.25, 0.3) is 0 Å². The van der Waals surface area contributed by atoms with Crippen molar-refractivity contribution in [3.05, 3.63) is 58.1 Å². The highest BCUT2D eigenvalue weighted by atomic mass is 35.5. The number of rotatable bonds is 4. The Morgan fingerprint density at radius 3 is 2.69 bits per heavy atom. The van der Waals surface area contributed by atoms with Crippen molar-refractivity contribution in [2.24, 2.45) is 0 Å². The van der Waals surface area contributed by atoms with Gasteiger partial charge in [-0.05, 0) is 74.2 Å². The van der Waals surface area contributed by atoms with E-state index in [0.29, 0.717) is 28.5 Å². The summed E-state index contributed by atoms with van der Waals surface area (Å²) >= 11 is 5.95. The van der Waals surface area contributed by atoms with Gasteiger partial charge >= 0.3 is 0 Å². The Bertz CT molecular complexity index is 957. The number of amides is 1. The highest BCUT2D eigenvalue weighted by molar-refractivity contribution is 7.92. The molecule has 1 N–H and O–H groups in total. The molecule has 0 aliphatic carbocycles. The SMILES string of the molecule is CCS(=O)(=O)N1CCCc2cc(C(=O)Nc3ccc(Cl)cc3C)ccc21. The third kappa shape index (κ3) is 3.71. The molecule has 26 heavy (non-hydrogen) atoms. The molecule has 2 aromatic rings. The number of fused-ring (bicyclic) bond motifs is 1. The van der Waals surface area contributed by atoms with Crippen molar-refractivity contribution in [1.29, 1.82) is 0 Å². The first-order valence-electron chi connectivity index (χ1n) is 8.52. The summed E-state index contributed by atoms with van der Waals surface area (Å²) in [5, 5.41) is 3.50. The van der Waals surface area contributed by atoms with Gasteiger partial charge in [0.1, 0.15) is 0 Å². The summed E-state index contributed by atoms with van der Waals surface area (Å²) in [6.45, 7) is 4.00. The maximum atomic E-state index is 12.6. The van der Waals surface area contributed by atoms with Gasteiger partial charge < -0.3 is 5.32 Å². The van der Waals surface area contributed by atoms with E-state index in [1.165, 1.54) is 4.31 Å². The molecule has 5 nitrogen and oxygen atoms in total. The number of carbonyl (C=O) groups is 1. The standard InChI is InChI=1S/C19H21ClN2O3S/c1-3-26(24,25)22-10-4-5-14-12-15(6-9-18(14)22)19(23)21-17-8-7-16(20)11-13(17)2/h6-9,11-12H,3-5,10H2,1-2H3,(H,21,23). The number of anilines is 2. The maximum absolute atomic E-state index is 12.6. The number of hydrogen-bond donors (Lipinski definition) is 1. The number of benzene rings is 2. The molecule has 0 spiro atoms. The number of nitrogens with zero attached hydrogens (tertiary/aromatic N) is 1. The quantitative estimate of drug-likeness (QED) is 0.855. The Labute approximate surface area is 159 Å². The van der Waals surface area contributed by atoms with E-state index in [-0.39, 0.29) is 11.7 Å². The van der Waals surface area contributed by atoms with E-state index in [0.717, 1.165) is 24.0 Å². The fourth-order valence-corrected chi connectivity index (χ4v) is 4.53. The van der Waals surface area contributed by atoms with Crippen LogP contribution in [-0.4, -0.2) is 26.6 Å². The molecule has 0 aromatic heterocycles. The highest BCUT2D eigenvalue weighted by Gasteiger charge is 2.26. The first-order chi connectivity index (χ1) is 12.3. The van der Waals surface area contributed by atoms with Gasteiger partial charge in [-0.15, -0.1) is 0 Å². The van der Waals surface area contributed by atoms with Crippen LogP contribution in [0.15, 0.2) is 36.4 Å². The van der Waals surface area contributed by atoms with Crippen LogP contribution in [-0.2, 0) is 16.4 Å². The molecule has 0 atom stereocenters. The first kappa shape index (κ1) is 18.7. The molecule has 0 saturated carbocycles. The van der Waals surface area contributed by atoms with Crippen LogP contribution in [0.5, 0.6) is 0 Å². The smallest absolute Gasteiger partial charge is 0.255 e. The molecule has 0 radical (unpaired) electrons. The average molecular weight is 393 g/mol. The second-order valence-corrected chi connectivity index (χ2v) is 8.95. The Morgan fingerprint density at radius 2 is 2.00 bits per heavy atom. The predicted octanol–water partition coefficient (Wildman–Crippen LogP) is 4.00. The Kier molecular flexibility index (Phi) is 5.25. The first-order valence-corrected chi connectivity index (χ1v) is 10.5. The highest BCUT2D eigenvalue weighted by Crippen LogP contribution is 2.31. The summed E-state index contributed by atoms with van der Waals surface area (Å²) in [5.74, 6) is -0.168. The van der Waals surface area contributed by atoms with Crippen LogP contribution in [0.3, 0.4) is 0 Å². The molecule has 0 unspecified atom stereocenters. The zero-order chi connectivity index (χ0) is 18.9. The zero-order valence-corrected chi connectivity index (χ0v) is 16.3. The van der Waals surface area contributed by atoms with Gasteiger partial charge in [0.25, 0.3) is 5.91 Å².